The van der Waals surface area contributed by atoms with Gasteiger partial charge >= 0.3 is 12.1 Å². The molecule has 6 nitrogen and oxygen atoms in total. The largest absolute Gasteiger partial charge is 0.481 e. The summed E-state index contributed by atoms with van der Waals surface area (Å²) in [6.07, 6.45) is 2.22. The van der Waals surface area contributed by atoms with Gasteiger partial charge in [0, 0.05) is 12.4 Å². The third kappa shape index (κ3) is 5.85. The predicted octanol–water partition coefficient (Wildman–Crippen LogP) is 2.12. The molecule has 1 unspecified atom stereocenters. The summed E-state index contributed by atoms with van der Waals surface area (Å²) in [5, 5.41) is 11.4. The summed E-state index contributed by atoms with van der Waals surface area (Å²) in [6.45, 7) is 5.22. The number of amides is 1. The summed E-state index contributed by atoms with van der Waals surface area (Å²) in [4.78, 5) is 26.4. The molecule has 1 atom stereocenters. The number of pyridine rings is 1. The summed E-state index contributed by atoms with van der Waals surface area (Å²) in [5.41, 5.74) is 0.0408. The molecule has 19 heavy (non-hydrogen) atoms. The number of hydrogen-bond acceptors (Lipinski definition) is 4. The normalized spacial score (nSPS) is 12.6. The molecule has 0 bridgehead atoms. The van der Waals surface area contributed by atoms with E-state index in [9.17, 15) is 9.59 Å². The first kappa shape index (κ1) is 14.9. The van der Waals surface area contributed by atoms with Gasteiger partial charge in [-0.05, 0) is 38.5 Å². The standard InChI is InChI=1S/C13H18N2O4/c1-13(2,3)19-12(18)15-10(8-11(16)17)9-4-6-14-7-5-9/h4-7,10H,8H2,1-3H3,(H,15,18)(H,16,17). The molecular weight excluding hydrogens is 248 g/mol. The van der Waals surface area contributed by atoms with E-state index in [4.69, 9.17) is 9.84 Å². The van der Waals surface area contributed by atoms with Crippen LogP contribution in [0.1, 0.15) is 38.8 Å². The van der Waals surface area contributed by atoms with Crippen molar-refractivity contribution in [2.75, 3.05) is 0 Å². The Morgan fingerprint density at radius 1 is 1.37 bits per heavy atom. The zero-order valence-corrected chi connectivity index (χ0v) is 11.2. The van der Waals surface area contributed by atoms with E-state index in [-0.39, 0.29) is 6.42 Å². The fourth-order valence-electron chi connectivity index (χ4n) is 1.47. The number of rotatable bonds is 4. The Morgan fingerprint density at radius 3 is 2.42 bits per heavy atom. The SMILES string of the molecule is CC(C)(C)OC(=O)NC(CC(=O)O)c1ccncc1. The molecule has 0 fully saturated rings. The van der Waals surface area contributed by atoms with Crippen LogP contribution < -0.4 is 5.32 Å². The first-order chi connectivity index (χ1) is 8.78. The summed E-state index contributed by atoms with van der Waals surface area (Å²) in [5.74, 6) is -1.00. The van der Waals surface area contributed by atoms with Crippen molar-refractivity contribution in [2.24, 2.45) is 0 Å². The van der Waals surface area contributed by atoms with Gasteiger partial charge in [0.25, 0.3) is 0 Å². The second-order valence-electron chi connectivity index (χ2n) is 5.08. The second-order valence-corrected chi connectivity index (χ2v) is 5.08. The van der Waals surface area contributed by atoms with E-state index in [2.05, 4.69) is 10.3 Å². The van der Waals surface area contributed by atoms with E-state index in [0.717, 1.165) is 0 Å². The van der Waals surface area contributed by atoms with Crippen LogP contribution in [-0.4, -0.2) is 27.8 Å². The number of aliphatic carboxylic acids is 1. The minimum absolute atomic E-state index is 0.219. The van der Waals surface area contributed by atoms with Crippen LogP contribution in [-0.2, 0) is 9.53 Å². The topological polar surface area (TPSA) is 88.5 Å². The highest BCUT2D eigenvalue weighted by Crippen LogP contribution is 2.17. The zero-order valence-electron chi connectivity index (χ0n) is 11.2. The average molecular weight is 266 g/mol. The van der Waals surface area contributed by atoms with Crippen molar-refractivity contribution < 1.29 is 19.4 Å². The number of nitrogens with zero attached hydrogens (tertiary/aromatic N) is 1. The van der Waals surface area contributed by atoms with Gasteiger partial charge in [0.15, 0.2) is 0 Å². The van der Waals surface area contributed by atoms with E-state index in [1.54, 1.807) is 45.3 Å². The number of alkyl carbamates (subject to hydrolysis) is 1. The van der Waals surface area contributed by atoms with Gasteiger partial charge in [0.05, 0.1) is 12.5 Å². The molecule has 0 aliphatic heterocycles. The molecule has 1 amide bonds. The highest BCUT2D eigenvalue weighted by Gasteiger charge is 2.22. The van der Waals surface area contributed by atoms with Crippen molar-refractivity contribution in [2.45, 2.75) is 38.8 Å². The van der Waals surface area contributed by atoms with E-state index in [1.165, 1.54) is 0 Å². The van der Waals surface area contributed by atoms with Crippen LogP contribution in [0.4, 0.5) is 4.79 Å². The fraction of sp³-hybridized carbons (Fsp3) is 0.462. The molecule has 104 valence electrons. The van der Waals surface area contributed by atoms with Crippen LogP contribution in [0.5, 0.6) is 0 Å². The zero-order chi connectivity index (χ0) is 14.5. The average Bonchev–Trinajstić information content (AvgIpc) is 2.26. The Morgan fingerprint density at radius 2 is 1.95 bits per heavy atom. The number of carboxylic acid groups (broad SMARTS) is 1. The van der Waals surface area contributed by atoms with Gasteiger partial charge in [-0.15, -0.1) is 0 Å². The molecule has 1 aromatic heterocycles. The monoisotopic (exact) mass is 266 g/mol. The lowest BCUT2D eigenvalue weighted by atomic mass is 10.1. The molecule has 0 aromatic carbocycles. The van der Waals surface area contributed by atoms with Crippen molar-refractivity contribution in [3.8, 4) is 0 Å². The van der Waals surface area contributed by atoms with E-state index >= 15 is 0 Å². The maximum atomic E-state index is 11.7. The molecule has 0 aliphatic carbocycles. The van der Waals surface area contributed by atoms with Crippen LogP contribution in [0.2, 0.25) is 0 Å². The predicted molar refractivity (Wildman–Crippen MR) is 68.6 cm³/mol. The highest BCUT2D eigenvalue weighted by atomic mass is 16.6. The number of carboxylic acids is 1. The molecule has 1 rings (SSSR count). The molecule has 0 saturated heterocycles. The number of carbonyl (C=O) groups is 2. The van der Waals surface area contributed by atoms with Crippen molar-refractivity contribution in [3.05, 3.63) is 30.1 Å². The Kier molecular flexibility index (Phi) is 4.86. The minimum Gasteiger partial charge on any atom is -0.481 e. The van der Waals surface area contributed by atoms with Gasteiger partial charge in [0.2, 0.25) is 0 Å². The van der Waals surface area contributed by atoms with Crippen molar-refractivity contribution in [1.29, 1.82) is 0 Å². The Hall–Kier alpha value is -2.11. The quantitative estimate of drug-likeness (QED) is 0.871. The van der Waals surface area contributed by atoms with Crippen molar-refractivity contribution in [3.63, 3.8) is 0 Å². The number of hydrogen-bond donors (Lipinski definition) is 2. The van der Waals surface area contributed by atoms with Gasteiger partial charge in [-0.3, -0.25) is 9.78 Å². The molecular formula is C13H18N2O4. The fourth-order valence-corrected chi connectivity index (χ4v) is 1.47. The molecule has 1 heterocycles. The van der Waals surface area contributed by atoms with Crippen molar-refractivity contribution >= 4 is 12.1 Å². The first-order valence-electron chi connectivity index (χ1n) is 5.89. The molecule has 0 aliphatic rings. The summed E-state index contributed by atoms with van der Waals surface area (Å²) >= 11 is 0. The third-order valence-corrected chi connectivity index (χ3v) is 2.18. The lowest BCUT2D eigenvalue weighted by Crippen LogP contribution is -2.35. The third-order valence-electron chi connectivity index (χ3n) is 2.18. The van der Waals surface area contributed by atoms with Crippen molar-refractivity contribution in [1.82, 2.24) is 10.3 Å². The highest BCUT2D eigenvalue weighted by molar-refractivity contribution is 5.72. The lowest BCUT2D eigenvalue weighted by molar-refractivity contribution is -0.137. The molecule has 6 heteroatoms. The van der Waals surface area contributed by atoms with Gasteiger partial charge in [0.1, 0.15) is 5.60 Å². The number of aromatic nitrogens is 1. The van der Waals surface area contributed by atoms with Crippen LogP contribution in [0.3, 0.4) is 0 Å². The maximum absolute atomic E-state index is 11.7. The lowest BCUT2D eigenvalue weighted by Gasteiger charge is -2.23. The summed E-state index contributed by atoms with van der Waals surface area (Å²) in [7, 11) is 0. The van der Waals surface area contributed by atoms with E-state index < -0.39 is 23.7 Å². The van der Waals surface area contributed by atoms with E-state index in [0.29, 0.717) is 5.56 Å². The van der Waals surface area contributed by atoms with Gasteiger partial charge in [-0.1, -0.05) is 0 Å². The number of nitrogens with one attached hydrogen (secondary N) is 1. The Balaban J connectivity index is 2.76. The van der Waals surface area contributed by atoms with Crippen LogP contribution in [0.15, 0.2) is 24.5 Å². The van der Waals surface area contributed by atoms with Crippen LogP contribution >= 0.6 is 0 Å². The van der Waals surface area contributed by atoms with Crippen LogP contribution in [0.25, 0.3) is 0 Å². The first-order valence-corrected chi connectivity index (χ1v) is 5.89. The molecule has 0 saturated carbocycles. The number of ether oxygens (including phenoxy) is 1. The molecule has 0 spiro atoms. The van der Waals surface area contributed by atoms with Crippen LogP contribution in [0, 0.1) is 0 Å². The second kappa shape index (κ2) is 6.17. The number of carbonyl (C=O) groups excluding carboxylic acids is 1. The van der Waals surface area contributed by atoms with Gasteiger partial charge < -0.3 is 15.2 Å². The Bertz CT molecular complexity index is 440. The maximum Gasteiger partial charge on any atom is 0.408 e. The molecule has 0 radical (unpaired) electrons. The van der Waals surface area contributed by atoms with E-state index in [1.807, 2.05) is 0 Å². The molecule has 1 aromatic rings. The summed E-state index contributed by atoms with van der Waals surface area (Å²) < 4.78 is 5.11. The van der Waals surface area contributed by atoms with Gasteiger partial charge in [-0.2, -0.15) is 0 Å². The minimum atomic E-state index is -1.00. The summed E-state index contributed by atoms with van der Waals surface area (Å²) in [6, 6.07) is 2.67. The van der Waals surface area contributed by atoms with Gasteiger partial charge in [-0.25, -0.2) is 4.79 Å². The molecule has 2 N–H and O–H groups in total. The Labute approximate surface area is 111 Å². The smallest absolute Gasteiger partial charge is 0.408 e.